The number of nitrogens with one attached hydrogen (secondary N) is 1. The van der Waals surface area contributed by atoms with E-state index < -0.39 is 0 Å². The molecule has 1 unspecified atom stereocenters. The predicted molar refractivity (Wildman–Crippen MR) is 75.5 cm³/mol. The lowest BCUT2D eigenvalue weighted by atomic mass is 9.90. The third kappa shape index (κ3) is 3.71. The van der Waals surface area contributed by atoms with Crippen LogP contribution in [0, 0.1) is 5.92 Å². The summed E-state index contributed by atoms with van der Waals surface area (Å²) in [6.45, 7) is 5.09. The number of hydrogen-bond donors (Lipinski definition) is 1. The molecule has 1 amide bonds. The van der Waals surface area contributed by atoms with Gasteiger partial charge >= 0.3 is 0 Å². The minimum atomic E-state index is 0.212. The minimum Gasteiger partial charge on any atom is -0.376 e. The van der Waals surface area contributed by atoms with Gasteiger partial charge in [-0.25, -0.2) is 0 Å². The number of likely N-dealkylation sites (tertiary alicyclic amines) is 1. The molecule has 0 bridgehead atoms. The van der Waals surface area contributed by atoms with Gasteiger partial charge in [-0.3, -0.25) is 4.79 Å². The molecule has 2 heterocycles. The number of hydrogen-bond acceptors (Lipinski definition) is 4. The van der Waals surface area contributed by atoms with Gasteiger partial charge in [-0.05, 0) is 45.2 Å². The van der Waals surface area contributed by atoms with E-state index in [2.05, 4.69) is 10.2 Å². The summed E-state index contributed by atoms with van der Waals surface area (Å²) in [4.78, 5) is 14.5. The van der Waals surface area contributed by atoms with Crippen molar-refractivity contribution in [2.45, 2.75) is 44.2 Å². The van der Waals surface area contributed by atoms with Gasteiger partial charge < -0.3 is 19.7 Å². The van der Waals surface area contributed by atoms with E-state index in [1.165, 1.54) is 19.3 Å². The summed E-state index contributed by atoms with van der Waals surface area (Å²) in [5, 5.41) is 3.18. The van der Waals surface area contributed by atoms with Crippen LogP contribution in [0.5, 0.6) is 0 Å². The fourth-order valence-electron chi connectivity index (χ4n) is 3.18. The van der Waals surface area contributed by atoms with Crippen LogP contribution in [0.2, 0.25) is 0 Å². The number of piperidine rings is 1. The van der Waals surface area contributed by atoms with Gasteiger partial charge in [-0.1, -0.05) is 0 Å². The SMILES string of the molecule is O=C(NC1CCC1)C1CCN(CC2COCCO2)CC1. The molecule has 0 aromatic carbocycles. The first kappa shape index (κ1) is 14.3. The van der Waals surface area contributed by atoms with Gasteiger partial charge in [0.1, 0.15) is 0 Å². The van der Waals surface area contributed by atoms with Crippen molar-refractivity contribution >= 4 is 5.91 Å². The van der Waals surface area contributed by atoms with E-state index in [4.69, 9.17) is 9.47 Å². The molecule has 3 aliphatic rings. The van der Waals surface area contributed by atoms with Crippen LogP contribution in [-0.2, 0) is 14.3 Å². The molecule has 1 atom stereocenters. The van der Waals surface area contributed by atoms with Crippen molar-refractivity contribution in [3.8, 4) is 0 Å². The highest BCUT2D eigenvalue weighted by atomic mass is 16.6. The number of ether oxygens (including phenoxy) is 2. The van der Waals surface area contributed by atoms with Crippen LogP contribution >= 0.6 is 0 Å². The van der Waals surface area contributed by atoms with Crippen molar-refractivity contribution in [1.82, 2.24) is 10.2 Å². The quantitative estimate of drug-likeness (QED) is 0.828. The Labute approximate surface area is 121 Å². The zero-order valence-corrected chi connectivity index (χ0v) is 12.2. The Balaban J connectivity index is 1.36. The molecule has 1 saturated carbocycles. The average molecular weight is 282 g/mol. The van der Waals surface area contributed by atoms with E-state index in [9.17, 15) is 4.79 Å². The number of nitrogens with zero attached hydrogens (tertiary/aromatic N) is 1. The molecule has 0 aromatic rings. The monoisotopic (exact) mass is 282 g/mol. The van der Waals surface area contributed by atoms with Crippen molar-refractivity contribution in [1.29, 1.82) is 0 Å². The highest BCUT2D eigenvalue weighted by Crippen LogP contribution is 2.22. The summed E-state index contributed by atoms with van der Waals surface area (Å²) in [7, 11) is 0. The summed E-state index contributed by atoms with van der Waals surface area (Å²) < 4.78 is 11.1. The Morgan fingerprint density at radius 2 is 1.95 bits per heavy atom. The summed E-state index contributed by atoms with van der Waals surface area (Å²) in [6.07, 6.45) is 5.78. The molecule has 114 valence electrons. The molecule has 0 radical (unpaired) electrons. The summed E-state index contributed by atoms with van der Waals surface area (Å²) in [5.74, 6) is 0.502. The van der Waals surface area contributed by atoms with Gasteiger partial charge in [0.2, 0.25) is 5.91 Å². The van der Waals surface area contributed by atoms with Crippen LogP contribution in [0.15, 0.2) is 0 Å². The maximum atomic E-state index is 12.1. The van der Waals surface area contributed by atoms with Crippen molar-refractivity contribution in [3.63, 3.8) is 0 Å². The average Bonchev–Trinajstić information content (AvgIpc) is 2.44. The number of amides is 1. The van der Waals surface area contributed by atoms with Gasteiger partial charge in [0.15, 0.2) is 0 Å². The van der Waals surface area contributed by atoms with Crippen LogP contribution in [0.3, 0.4) is 0 Å². The second-order valence-electron chi connectivity index (χ2n) is 6.28. The first-order chi connectivity index (χ1) is 9.81. The standard InChI is InChI=1S/C15H26N2O3/c18-15(16-13-2-1-3-13)12-4-6-17(7-5-12)10-14-11-19-8-9-20-14/h12-14H,1-11H2,(H,16,18). The molecule has 5 nitrogen and oxygen atoms in total. The topological polar surface area (TPSA) is 50.8 Å². The van der Waals surface area contributed by atoms with Crippen molar-refractivity contribution in [2.24, 2.45) is 5.92 Å². The number of rotatable bonds is 4. The normalized spacial score (nSPS) is 29.9. The maximum Gasteiger partial charge on any atom is 0.223 e. The Bertz CT molecular complexity index is 319. The molecule has 2 aliphatic heterocycles. The molecule has 0 aromatic heterocycles. The molecular weight excluding hydrogens is 256 g/mol. The van der Waals surface area contributed by atoms with Crippen LogP contribution in [0.4, 0.5) is 0 Å². The third-order valence-electron chi connectivity index (χ3n) is 4.76. The Morgan fingerprint density at radius 3 is 2.55 bits per heavy atom. The third-order valence-corrected chi connectivity index (χ3v) is 4.76. The van der Waals surface area contributed by atoms with Crippen molar-refractivity contribution < 1.29 is 14.3 Å². The van der Waals surface area contributed by atoms with Gasteiger partial charge in [0.25, 0.3) is 0 Å². The van der Waals surface area contributed by atoms with Gasteiger partial charge in [0.05, 0.1) is 25.9 Å². The fourth-order valence-corrected chi connectivity index (χ4v) is 3.18. The lowest BCUT2D eigenvalue weighted by molar-refractivity contribution is -0.128. The zero-order valence-electron chi connectivity index (χ0n) is 12.2. The van der Waals surface area contributed by atoms with Gasteiger partial charge in [-0.15, -0.1) is 0 Å². The molecular formula is C15H26N2O3. The minimum absolute atomic E-state index is 0.212. The fraction of sp³-hybridized carbons (Fsp3) is 0.933. The van der Waals surface area contributed by atoms with Crippen LogP contribution in [-0.4, -0.2) is 62.4 Å². The summed E-state index contributed by atoms with van der Waals surface area (Å²) in [6, 6.07) is 0.466. The van der Waals surface area contributed by atoms with Crippen molar-refractivity contribution in [2.75, 3.05) is 39.5 Å². The highest BCUT2D eigenvalue weighted by molar-refractivity contribution is 5.79. The molecule has 0 spiro atoms. The largest absolute Gasteiger partial charge is 0.376 e. The van der Waals surface area contributed by atoms with Gasteiger partial charge in [-0.2, -0.15) is 0 Å². The molecule has 1 N–H and O–H groups in total. The second-order valence-corrected chi connectivity index (χ2v) is 6.28. The van der Waals surface area contributed by atoms with E-state index in [1.807, 2.05) is 0 Å². The van der Waals surface area contributed by atoms with E-state index in [-0.39, 0.29) is 17.9 Å². The molecule has 20 heavy (non-hydrogen) atoms. The van der Waals surface area contributed by atoms with Crippen LogP contribution in [0.25, 0.3) is 0 Å². The maximum absolute atomic E-state index is 12.1. The first-order valence-electron chi connectivity index (χ1n) is 8.03. The van der Waals surface area contributed by atoms with E-state index >= 15 is 0 Å². The Morgan fingerprint density at radius 1 is 1.15 bits per heavy atom. The molecule has 1 aliphatic carbocycles. The number of carbonyl (C=O) groups is 1. The van der Waals surface area contributed by atoms with Crippen LogP contribution in [0.1, 0.15) is 32.1 Å². The second kappa shape index (κ2) is 6.87. The molecule has 5 heteroatoms. The summed E-state index contributed by atoms with van der Waals surface area (Å²) in [5.41, 5.74) is 0. The lowest BCUT2D eigenvalue weighted by Crippen LogP contribution is -2.48. The molecule has 3 fully saturated rings. The Hall–Kier alpha value is -0.650. The van der Waals surface area contributed by atoms with E-state index in [0.717, 1.165) is 39.1 Å². The summed E-state index contributed by atoms with van der Waals surface area (Å²) >= 11 is 0. The first-order valence-corrected chi connectivity index (χ1v) is 8.03. The van der Waals surface area contributed by atoms with Crippen molar-refractivity contribution in [3.05, 3.63) is 0 Å². The predicted octanol–water partition coefficient (Wildman–Crippen LogP) is 0.782. The molecule has 2 saturated heterocycles. The highest BCUT2D eigenvalue weighted by Gasteiger charge is 2.29. The Kier molecular flexibility index (Phi) is 4.91. The van der Waals surface area contributed by atoms with E-state index in [0.29, 0.717) is 19.3 Å². The molecule has 3 rings (SSSR count). The van der Waals surface area contributed by atoms with Crippen LogP contribution < -0.4 is 5.32 Å². The smallest absolute Gasteiger partial charge is 0.223 e. The number of carbonyl (C=O) groups excluding carboxylic acids is 1. The van der Waals surface area contributed by atoms with Gasteiger partial charge in [0, 0.05) is 18.5 Å². The lowest BCUT2D eigenvalue weighted by Gasteiger charge is -2.35. The van der Waals surface area contributed by atoms with E-state index in [1.54, 1.807) is 0 Å². The zero-order chi connectivity index (χ0) is 13.8.